The fourth-order valence-electron chi connectivity index (χ4n) is 2.68. The zero-order valence-electron chi connectivity index (χ0n) is 13.0. The van der Waals surface area contributed by atoms with Crippen molar-refractivity contribution < 1.29 is 13.2 Å². The first-order valence-electron chi connectivity index (χ1n) is 7.67. The molecule has 0 saturated carbocycles. The molecule has 0 spiro atoms. The van der Waals surface area contributed by atoms with Crippen LogP contribution in [0, 0.1) is 11.3 Å². The van der Waals surface area contributed by atoms with E-state index < -0.39 is 10.0 Å². The summed E-state index contributed by atoms with van der Waals surface area (Å²) in [7, 11) is -3.52. The molecule has 0 N–H and O–H groups in total. The van der Waals surface area contributed by atoms with Crippen LogP contribution in [0.1, 0.15) is 18.4 Å². The van der Waals surface area contributed by atoms with E-state index in [0.717, 1.165) is 6.42 Å². The fourth-order valence-corrected chi connectivity index (χ4v) is 4.21. The van der Waals surface area contributed by atoms with Gasteiger partial charge >= 0.3 is 0 Å². The van der Waals surface area contributed by atoms with Gasteiger partial charge in [-0.3, -0.25) is 0 Å². The highest BCUT2D eigenvalue weighted by molar-refractivity contribution is 7.89. The van der Waals surface area contributed by atoms with E-state index in [1.54, 1.807) is 42.5 Å². The molecule has 1 aromatic carbocycles. The molecule has 1 atom stereocenters. The van der Waals surface area contributed by atoms with Crippen LogP contribution in [-0.2, 0) is 10.0 Å². The van der Waals surface area contributed by atoms with E-state index in [4.69, 9.17) is 10.00 Å². The van der Waals surface area contributed by atoms with Crippen molar-refractivity contribution in [3.8, 4) is 11.9 Å². The number of nitrogens with zero attached hydrogens (tertiary/aromatic N) is 3. The van der Waals surface area contributed by atoms with Crippen molar-refractivity contribution in [1.82, 2.24) is 9.29 Å². The number of pyridine rings is 1. The van der Waals surface area contributed by atoms with E-state index in [-0.39, 0.29) is 17.5 Å². The van der Waals surface area contributed by atoms with Gasteiger partial charge in [0.15, 0.2) is 0 Å². The van der Waals surface area contributed by atoms with E-state index in [1.165, 1.54) is 10.5 Å². The summed E-state index contributed by atoms with van der Waals surface area (Å²) in [6, 6.07) is 13.6. The first-order valence-corrected chi connectivity index (χ1v) is 9.11. The Kier molecular flexibility index (Phi) is 4.79. The molecule has 2 heterocycles. The smallest absolute Gasteiger partial charge is 0.243 e. The van der Waals surface area contributed by atoms with Crippen LogP contribution in [-0.4, -0.2) is 36.9 Å². The zero-order valence-corrected chi connectivity index (χ0v) is 13.8. The highest BCUT2D eigenvalue weighted by Crippen LogP contribution is 2.23. The Balaban J connectivity index is 1.74. The van der Waals surface area contributed by atoms with Crippen LogP contribution in [0.15, 0.2) is 53.6 Å². The minimum absolute atomic E-state index is 0.274. The standard InChI is InChI=1S/C17H17N3O3S/c18-12-14-8-9-19-17(11-14)23-15-5-4-10-20(13-15)24(21,22)16-6-2-1-3-7-16/h1-3,6-9,11,15H,4-5,10,13H2/t15-/m1/s1. The van der Waals surface area contributed by atoms with Crippen LogP contribution in [0.2, 0.25) is 0 Å². The summed E-state index contributed by atoms with van der Waals surface area (Å²) < 4.78 is 32.6. The Bertz CT molecular complexity index is 847. The minimum Gasteiger partial charge on any atom is -0.473 e. The second-order valence-corrected chi connectivity index (χ2v) is 7.49. The lowest BCUT2D eigenvalue weighted by molar-refractivity contribution is 0.124. The molecule has 1 saturated heterocycles. The summed E-state index contributed by atoms with van der Waals surface area (Å²) in [6.45, 7) is 0.748. The average molecular weight is 343 g/mol. The van der Waals surface area contributed by atoms with Crippen molar-refractivity contribution in [1.29, 1.82) is 5.26 Å². The minimum atomic E-state index is -3.52. The maximum atomic E-state index is 12.7. The molecule has 1 aromatic heterocycles. The van der Waals surface area contributed by atoms with Gasteiger partial charge in [0.05, 0.1) is 23.1 Å². The highest BCUT2D eigenvalue weighted by Gasteiger charge is 2.31. The van der Waals surface area contributed by atoms with Crippen LogP contribution >= 0.6 is 0 Å². The van der Waals surface area contributed by atoms with Crippen LogP contribution in [0.3, 0.4) is 0 Å². The molecular weight excluding hydrogens is 326 g/mol. The molecule has 3 rings (SSSR count). The molecule has 6 nitrogen and oxygen atoms in total. The third-order valence-corrected chi connectivity index (χ3v) is 5.75. The van der Waals surface area contributed by atoms with Gasteiger partial charge in [0, 0.05) is 18.8 Å². The van der Waals surface area contributed by atoms with Crippen molar-refractivity contribution in [3.05, 3.63) is 54.2 Å². The van der Waals surface area contributed by atoms with Crippen molar-refractivity contribution in [2.24, 2.45) is 0 Å². The molecule has 1 aliphatic rings. The maximum absolute atomic E-state index is 12.7. The first kappa shape index (κ1) is 16.4. The number of aromatic nitrogens is 1. The van der Waals surface area contributed by atoms with Crippen LogP contribution in [0.25, 0.3) is 0 Å². The molecule has 0 aliphatic carbocycles. The fraction of sp³-hybridized carbons (Fsp3) is 0.294. The number of nitriles is 1. The second kappa shape index (κ2) is 6.99. The summed E-state index contributed by atoms with van der Waals surface area (Å²) in [5, 5.41) is 8.92. The van der Waals surface area contributed by atoms with E-state index in [9.17, 15) is 8.42 Å². The van der Waals surface area contributed by atoms with Crippen LogP contribution in [0.4, 0.5) is 0 Å². The highest BCUT2D eigenvalue weighted by atomic mass is 32.2. The quantitative estimate of drug-likeness (QED) is 0.850. The van der Waals surface area contributed by atoms with Gasteiger partial charge in [-0.25, -0.2) is 13.4 Å². The predicted octanol–water partition coefficient (Wildman–Crippen LogP) is 2.19. The van der Waals surface area contributed by atoms with Gasteiger partial charge in [-0.15, -0.1) is 0 Å². The molecular formula is C17H17N3O3S. The first-order chi connectivity index (χ1) is 11.6. The molecule has 24 heavy (non-hydrogen) atoms. The second-order valence-electron chi connectivity index (χ2n) is 5.55. The van der Waals surface area contributed by atoms with E-state index in [0.29, 0.717) is 24.4 Å². The lowest BCUT2D eigenvalue weighted by Crippen LogP contribution is -2.44. The summed E-state index contributed by atoms with van der Waals surface area (Å²) in [5.41, 5.74) is 0.463. The lowest BCUT2D eigenvalue weighted by Gasteiger charge is -2.31. The Labute approximate surface area is 141 Å². The number of ether oxygens (including phenoxy) is 1. The van der Waals surface area contributed by atoms with Gasteiger partial charge in [-0.05, 0) is 31.0 Å². The number of benzene rings is 1. The normalized spacial score (nSPS) is 18.7. The summed E-state index contributed by atoms with van der Waals surface area (Å²) >= 11 is 0. The van der Waals surface area contributed by atoms with Gasteiger partial charge in [-0.1, -0.05) is 18.2 Å². The topological polar surface area (TPSA) is 83.3 Å². The van der Waals surface area contributed by atoms with Crippen molar-refractivity contribution in [2.75, 3.05) is 13.1 Å². The van der Waals surface area contributed by atoms with E-state index in [1.807, 2.05) is 6.07 Å². The SMILES string of the molecule is N#Cc1ccnc(O[C@@H]2CCCN(S(=O)(=O)c3ccccc3)C2)c1. The molecule has 7 heteroatoms. The Morgan fingerprint density at radius 1 is 1.25 bits per heavy atom. The van der Waals surface area contributed by atoms with E-state index >= 15 is 0 Å². The van der Waals surface area contributed by atoms with Crippen LogP contribution in [0.5, 0.6) is 5.88 Å². The molecule has 1 fully saturated rings. The summed E-state index contributed by atoms with van der Waals surface area (Å²) in [6.07, 6.45) is 2.70. The molecule has 0 amide bonds. The number of sulfonamides is 1. The van der Waals surface area contributed by atoms with Crippen molar-refractivity contribution >= 4 is 10.0 Å². The lowest BCUT2D eigenvalue weighted by atomic mass is 10.1. The zero-order chi connectivity index (χ0) is 17.0. The summed E-state index contributed by atoms with van der Waals surface area (Å²) in [5.74, 6) is 0.345. The Morgan fingerprint density at radius 3 is 2.79 bits per heavy atom. The monoisotopic (exact) mass is 343 g/mol. The molecule has 1 aliphatic heterocycles. The third kappa shape index (κ3) is 3.55. The number of hydrogen-bond acceptors (Lipinski definition) is 5. The number of rotatable bonds is 4. The van der Waals surface area contributed by atoms with Crippen molar-refractivity contribution in [2.45, 2.75) is 23.8 Å². The average Bonchev–Trinajstić information content (AvgIpc) is 2.63. The third-order valence-electron chi connectivity index (χ3n) is 3.87. The number of hydrogen-bond donors (Lipinski definition) is 0. The Morgan fingerprint density at radius 2 is 2.04 bits per heavy atom. The van der Waals surface area contributed by atoms with Gasteiger partial charge in [0.25, 0.3) is 0 Å². The Hall–Kier alpha value is -2.43. The maximum Gasteiger partial charge on any atom is 0.243 e. The largest absolute Gasteiger partial charge is 0.473 e. The molecule has 2 aromatic rings. The molecule has 124 valence electrons. The van der Waals surface area contributed by atoms with Gasteiger partial charge in [-0.2, -0.15) is 9.57 Å². The van der Waals surface area contributed by atoms with Gasteiger partial charge in [0.2, 0.25) is 15.9 Å². The van der Waals surface area contributed by atoms with Crippen molar-refractivity contribution in [3.63, 3.8) is 0 Å². The van der Waals surface area contributed by atoms with E-state index in [2.05, 4.69) is 4.98 Å². The molecule has 0 unspecified atom stereocenters. The number of piperidine rings is 1. The molecule has 0 radical (unpaired) electrons. The summed E-state index contributed by atoms with van der Waals surface area (Å²) in [4.78, 5) is 4.37. The molecule has 0 bridgehead atoms. The van der Waals surface area contributed by atoms with Crippen LogP contribution < -0.4 is 4.74 Å². The van der Waals surface area contributed by atoms with Gasteiger partial charge < -0.3 is 4.74 Å². The van der Waals surface area contributed by atoms with Gasteiger partial charge in [0.1, 0.15) is 6.10 Å². The predicted molar refractivity (Wildman–Crippen MR) is 87.8 cm³/mol.